The van der Waals surface area contributed by atoms with Crippen LogP contribution in [0.25, 0.3) is 0 Å². The maximum absolute atomic E-state index is 5.77. The van der Waals surface area contributed by atoms with Gasteiger partial charge in [-0.2, -0.15) is 5.10 Å². The summed E-state index contributed by atoms with van der Waals surface area (Å²) in [7, 11) is 0. The molecular weight excluding hydrogens is 226 g/mol. The zero-order chi connectivity index (χ0) is 12.5. The van der Waals surface area contributed by atoms with Gasteiger partial charge in [-0.3, -0.25) is 5.10 Å². The van der Waals surface area contributed by atoms with E-state index in [1.165, 1.54) is 5.56 Å². The molecule has 4 nitrogen and oxygen atoms in total. The number of H-pyrrole nitrogens is 1. The van der Waals surface area contributed by atoms with Crippen LogP contribution >= 0.6 is 0 Å². The second-order valence-electron chi connectivity index (χ2n) is 5.05. The van der Waals surface area contributed by atoms with Crippen molar-refractivity contribution in [1.82, 2.24) is 15.2 Å². The summed E-state index contributed by atoms with van der Waals surface area (Å²) >= 11 is 0. The fraction of sp³-hybridized carbons (Fsp3) is 0.429. The lowest BCUT2D eigenvalue weighted by atomic mass is 9.96. The van der Waals surface area contributed by atoms with E-state index >= 15 is 0 Å². The Labute approximate surface area is 106 Å². The maximum atomic E-state index is 5.77. The summed E-state index contributed by atoms with van der Waals surface area (Å²) in [5.74, 6) is 3.45. The van der Waals surface area contributed by atoms with Gasteiger partial charge >= 0.3 is 0 Å². The Bertz CT molecular complexity index is 547. The molecule has 0 amide bonds. The first kappa shape index (κ1) is 11.3. The predicted molar refractivity (Wildman–Crippen MR) is 68.9 cm³/mol. The maximum Gasteiger partial charge on any atom is 0.153 e. The SMILES string of the molecule is CC(C)c1n[nH]c(C2COc3ccccc3C2)n1. The van der Waals surface area contributed by atoms with E-state index in [1.54, 1.807) is 0 Å². The highest BCUT2D eigenvalue weighted by molar-refractivity contribution is 5.36. The monoisotopic (exact) mass is 243 g/mol. The Morgan fingerprint density at radius 1 is 1.33 bits per heavy atom. The number of hydrogen-bond donors (Lipinski definition) is 1. The first-order valence-electron chi connectivity index (χ1n) is 6.37. The number of para-hydroxylation sites is 1. The van der Waals surface area contributed by atoms with Crippen molar-refractivity contribution in [3.8, 4) is 5.75 Å². The van der Waals surface area contributed by atoms with Gasteiger partial charge in [-0.05, 0) is 18.1 Å². The largest absolute Gasteiger partial charge is 0.493 e. The van der Waals surface area contributed by atoms with Crippen molar-refractivity contribution in [2.45, 2.75) is 32.1 Å². The standard InChI is InChI=1S/C14H17N3O/c1-9(2)13-15-14(17-16-13)11-7-10-5-3-4-6-12(10)18-8-11/h3-6,9,11H,7-8H2,1-2H3,(H,15,16,17). The van der Waals surface area contributed by atoms with E-state index < -0.39 is 0 Å². The Hall–Kier alpha value is -1.84. The van der Waals surface area contributed by atoms with Gasteiger partial charge in [0.1, 0.15) is 11.6 Å². The number of fused-ring (bicyclic) bond motifs is 1. The van der Waals surface area contributed by atoms with Gasteiger partial charge < -0.3 is 4.74 Å². The molecule has 1 N–H and O–H groups in total. The molecule has 1 atom stereocenters. The van der Waals surface area contributed by atoms with Crippen LogP contribution in [-0.2, 0) is 6.42 Å². The number of aromatic nitrogens is 3. The number of aromatic amines is 1. The zero-order valence-corrected chi connectivity index (χ0v) is 10.7. The molecule has 2 heterocycles. The lowest BCUT2D eigenvalue weighted by Gasteiger charge is -2.23. The summed E-state index contributed by atoms with van der Waals surface area (Å²) in [4.78, 5) is 4.56. The van der Waals surface area contributed by atoms with E-state index in [0.29, 0.717) is 12.5 Å². The molecule has 4 heteroatoms. The van der Waals surface area contributed by atoms with Crippen molar-refractivity contribution in [2.24, 2.45) is 0 Å². The lowest BCUT2D eigenvalue weighted by Crippen LogP contribution is -2.20. The molecule has 1 aliphatic heterocycles. The molecule has 0 fully saturated rings. The summed E-state index contributed by atoms with van der Waals surface area (Å²) in [6.07, 6.45) is 0.961. The molecule has 1 unspecified atom stereocenters. The van der Waals surface area contributed by atoms with E-state index in [4.69, 9.17) is 4.74 Å². The second-order valence-corrected chi connectivity index (χ2v) is 5.05. The molecule has 2 aromatic rings. The first-order valence-corrected chi connectivity index (χ1v) is 6.37. The van der Waals surface area contributed by atoms with Crippen LogP contribution in [0.4, 0.5) is 0 Å². The van der Waals surface area contributed by atoms with Crippen molar-refractivity contribution in [3.05, 3.63) is 41.5 Å². The molecule has 94 valence electrons. The van der Waals surface area contributed by atoms with E-state index in [9.17, 15) is 0 Å². The van der Waals surface area contributed by atoms with Crippen LogP contribution in [0, 0.1) is 0 Å². The number of nitrogens with one attached hydrogen (secondary N) is 1. The molecule has 3 rings (SSSR count). The quantitative estimate of drug-likeness (QED) is 0.882. The Morgan fingerprint density at radius 3 is 2.94 bits per heavy atom. The molecule has 0 bridgehead atoms. The zero-order valence-electron chi connectivity index (χ0n) is 10.7. The molecule has 0 aliphatic carbocycles. The van der Waals surface area contributed by atoms with E-state index in [-0.39, 0.29) is 5.92 Å². The molecule has 0 spiro atoms. The minimum absolute atomic E-state index is 0.278. The van der Waals surface area contributed by atoms with Gasteiger partial charge in [0.05, 0.1) is 12.5 Å². The van der Waals surface area contributed by atoms with Crippen LogP contribution < -0.4 is 4.74 Å². The highest BCUT2D eigenvalue weighted by atomic mass is 16.5. The fourth-order valence-electron chi connectivity index (χ4n) is 2.23. The van der Waals surface area contributed by atoms with E-state index in [1.807, 2.05) is 18.2 Å². The van der Waals surface area contributed by atoms with Crippen molar-refractivity contribution in [1.29, 1.82) is 0 Å². The fourth-order valence-corrected chi connectivity index (χ4v) is 2.23. The van der Waals surface area contributed by atoms with Gasteiger partial charge in [0, 0.05) is 5.92 Å². The van der Waals surface area contributed by atoms with Crippen molar-refractivity contribution in [2.75, 3.05) is 6.61 Å². The summed E-state index contributed by atoms with van der Waals surface area (Å²) in [5.41, 5.74) is 1.25. The summed E-state index contributed by atoms with van der Waals surface area (Å²) in [6, 6.07) is 8.18. The normalized spacial score (nSPS) is 18.5. The van der Waals surface area contributed by atoms with Crippen LogP contribution in [0.1, 0.15) is 42.9 Å². The van der Waals surface area contributed by atoms with Gasteiger partial charge in [-0.15, -0.1) is 0 Å². The van der Waals surface area contributed by atoms with E-state index in [2.05, 4.69) is 35.1 Å². The molecule has 0 saturated heterocycles. The van der Waals surface area contributed by atoms with Gasteiger partial charge in [-0.25, -0.2) is 4.98 Å². The first-order chi connectivity index (χ1) is 8.74. The molecule has 0 radical (unpaired) electrons. The summed E-state index contributed by atoms with van der Waals surface area (Å²) in [6.45, 7) is 4.86. The van der Waals surface area contributed by atoms with Gasteiger partial charge in [0.15, 0.2) is 5.82 Å². The number of nitrogens with zero attached hydrogens (tertiary/aromatic N) is 2. The lowest BCUT2D eigenvalue weighted by molar-refractivity contribution is 0.258. The van der Waals surface area contributed by atoms with Crippen LogP contribution in [0.15, 0.2) is 24.3 Å². The minimum Gasteiger partial charge on any atom is -0.493 e. The van der Waals surface area contributed by atoms with Gasteiger partial charge in [-0.1, -0.05) is 32.0 Å². The second kappa shape index (κ2) is 4.44. The van der Waals surface area contributed by atoms with Crippen LogP contribution in [0.5, 0.6) is 5.75 Å². The van der Waals surface area contributed by atoms with E-state index in [0.717, 1.165) is 23.8 Å². The van der Waals surface area contributed by atoms with Crippen LogP contribution in [0.3, 0.4) is 0 Å². The van der Waals surface area contributed by atoms with Crippen molar-refractivity contribution < 1.29 is 4.74 Å². The third kappa shape index (κ3) is 1.98. The Balaban J connectivity index is 1.83. The highest BCUT2D eigenvalue weighted by Crippen LogP contribution is 2.30. The number of hydrogen-bond acceptors (Lipinski definition) is 3. The van der Waals surface area contributed by atoms with Crippen LogP contribution in [-0.4, -0.2) is 21.8 Å². The third-order valence-electron chi connectivity index (χ3n) is 3.30. The smallest absolute Gasteiger partial charge is 0.153 e. The predicted octanol–water partition coefficient (Wildman–Crippen LogP) is 2.65. The average Bonchev–Trinajstić information content (AvgIpc) is 2.88. The molecular formula is C14H17N3O. The molecule has 1 aromatic carbocycles. The Morgan fingerprint density at radius 2 is 2.17 bits per heavy atom. The van der Waals surface area contributed by atoms with Crippen molar-refractivity contribution in [3.63, 3.8) is 0 Å². The summed E-state index contributed by atoms with van der Waals surface area (Å²) < 4.78 is 5.77. The van der Waals surface area contributed by atoms with Gasteiger partial charge in [0.2, 0.25) is 0 Å². The molecule has 1 aliphatic rings. The summed E-state index contributed by atoms with van der Waals surface area (Å²) in [5, 5.41) is 7.30. The minimum atomic E-state index is 0.278. The number of ether oxygens (including phenoxy) is 1. The van der Waals surface area contributed by atoms with Crippen LogP contribution in [0.2, 0.25) is 0 Å². The Kier molecular flexibility index (Phi) is 2.78. The third-order valence-corrected chi connectivity index (χ3v) is 3.30. The topological polar surface area (TPSA) is 50.8 Å². The number of rotatable bonds is 2. The molecule has 1 aromatic heterocycles. The van der Waals surface area contributed by atoms with Gasteiger partial charge in [0.25, 0.3) is 0 Å². The highest BCUT2D eigenvalue weighted by Gasteiger charge is 2.24. The molecule has 0 saturated carbocycles. The average molecular weight is 243 g/mol. The molecule has 18 heavy (non-hydrogen) atoms. The van der Waals surface area contributed by atoms with Crippen molar-refractivity contribution >= 4 is 0 Å². The number of benzene rings is 1.